The highest BCUT2D eigenvalue weighted by Gasteiger charge is 2.29. The number of aromatic nitrogens is 3. The molecule has 2 aromatic heterocycles. The van der Waals surface area contributed by atoms with E-state index in [0.29, 0.717) is 43.6 Å². The van der Waals surface area contributed by atoms with Crippen molar-refractivity contribution in [1.29, 1.82) is 0 Å². The Labute approximate surface area is 185 Å². The van der Waals surface area contributed by atoms with Crippen LogP contribution in [0.2, 0.25) is 5.02 Å². The number of halogens is 1. The number of rotatable bonds is 6. The van der Waals surface area contributed by atoms with Crippen LogP contribution in [0.5, 0.6) is 5.75 Å². The molecule has 1 fully saturated rings. The Morgan fingerprint density at radius 2 is 1.74 bits per heavy atom. The molecule has 0 amide bonds. The van der Waals surface area contributed by atoms with Crippen LogP contribution >= 0.6 is 11.6 Å². The van der Waals surface area contributed by atoms with Crippen molar-refractivity contribution in [2.45, 2.75) is 4.90 Å². The minimum atomic E-state index is -3.64. The monoisotopic (exact) mass is 460 g/mol. The SMILES string of the molecule is COc1ccc(S(=O)(=O)N2CCN(c3ccc(Nc4ccncc4)nn3)CC2)cc1Cl. The quantitative estimate of drug-likeness (QED) is 0.599. The fourth-order valence-corrected chi connectivity index (χ4v) is 5.03. The first-order valence-electron chi connectivity index (χ1n) is 9.57. The third-order valence-corrected chi connectivity index (χ3v) is 7.12. The first-order valence-corrected chi connectivity index (χ1v) is 11.4. The van der Waals surface area contributed by atoms with Crippen molar-refractivity contribution < 1.29 is 13.2 Å². The van der Waals surface area contributed by atoms with Gasteiger partial charge in [0.1, 0.15) is 5.75 Å². The van der Waals surface area contributed by atoms with Gasteiger partial charge in [0.25, 0.3) is 0 Å². The summed E-state index contributed by atoms with van der Waals surface area (Å²) in [5, 5.41) is 11.9. The van der Waals surface area contributed by atoms with Crippen LogP contribution in [0.1, 0.15) is 0 Å². The Morgan fingerprint density at radius 3 is 2.35 bits per heavy atom. The Hall–Kier alpha value is -2.95. The smallest absolute Gasteiger partial charge is 0.243 e. The molecule has 0 atom stereocenters. The highest BCUT2D eigenvalue weighted by molar-refractivity contribution is 7.89. The summed E-state index contributed by atoms with van der Waals surface area (Å²) >= 11 is 6.10. The van der Waals surface area contributed by atoms with Gasteiger partial charge in [-0.2, -0.15) is 4.31 Å². The molecule has 0 spiro atoms. The van der Waals surface area contributed by atoms with Gasteiger partial charge in [-0.25, -0.2) is 8.42 Å². The Bertz CT molecular complexity index is 1140. The molecule has 9 nitrogen and oxygen atoms in total. The third-order valence-electron chi connectivity index (χ3n) is 4.93. The normalized spacial score (nSPS) is 15.0. The lowest BCUT2D eigenvalue weighted by Gasteiger charge is -2.34. The maximum atomic E-state index is 13.0. The number of hydrogen-bond donors (Lipinski definition) is 1. The average Bonchev–Trinajstić information content (AvgIpc) is 2.80. The second kappa shape index (κ2) is 9.04. The molecule has 4 rings (SSSR count). The fraction of sp³-hybridized carbons (Fsp3) is 0.250. The third kappa shape index (κ3) is 4.71. The number of pyridine rings is 1. The van der Waals surface area contributed by atoms with Gasteiger partial charge >= 0.3 is 0 Å². The van der Waals surface area contributed by atoms with E-state index in [2.05, 4.69) is 20.5 Å². The molecule has 0 aliphatic carbocycles. The van der Waals surface area contributed by atoms with Crippen molar-refractivity contribution in [2.24, 2.45) is 0 Å². The summed E-state index contributed by atoms with van der Waals surface area (Å²) in [5.74, 6) is 1.75. The number of nitrogens with one attached hydrogen (secondary N) is 1. The molecule has 0 radical (unpaired) electrons. The fourth-order valence-electron chi connectivity index (χ4n) is 3.26. The topological polar surface area (TPSA) is 101 Å². The summed E-state index contributed by atoms with van der Waals surface area (Å²) in [5.41, 5.74) is 0.870. The summed E-state index contributed by atoms with van der Waals surface area (Å²) in [4.78, 5) is 6.14. The number of anilines is 3. The van der Waals surface area contributed by atoms with Gasteiger partial charge in [-0.05, 0) is 42.5 Å². The van der Waals surface area contributed by atoms with E-state index in [4.69, 9.17) is 16.3 Å². The van der Waals surface area contributed by atoms with Gasteiger partial charge < -0.3 is 15.0 Å². The molecule has 31 heavy (non-hydrogen) atoms. The number of sulfonamides is 1. The van der Waals surface area contributed by atoms with Gasteiger partial charge in [-0.1, -0.05) is 11.6 Å². The van der Waals surface area contributed by atoms with Gasteiger partial charge in [0, 0.05) is 44.3 Å². The zero-order valence-corrected chi connectivity index (χ0v) is 18.3. The molecule has 162 valence electrons. The van der Waals surface area contributed by atoms with E-state index in [1.807, 2.05) is 29.2 Å². The lowest BCUT2D eigenvalue weighted by molar-refractivity contribution is 0.383. The second-order valence-corrected chi connectivity index (χ2v) is 9.17. The number of benzene rings is 1. The molecular weight excluding hydrogens is 440 g/mol. The zero-order chi connectivity index (χ0) is 21.8. The molecule has 0 bridgehead atoms. The van der Waals surface area contributed by atoms with Crippen LogP contribution in [0.4, 0.5) is 17.3 Å². The van der Waals surface area contributed by atoms with Crippen molar-refractivity contribution in [2.75, 3.05) is 43.5 Å². The Balaban J connectivity index is 1.39. The van der Waals surface area contributed by atoms with Crippen molar-refractivity contribution >= 4 is 38.9 Å². The lowest BCUT2D eigenvalue weighted by atomic mass is 10.3. The molecule has 1 saturated heterocycles. The van der Waals surface area contributed by atoms with Gasteiger partial charge in [0.2, 0.25) is 10.0 Å². The maximum absolute atomic E-state index is 13.0. The van der Waals surface area contributed by atoms with Crippen LogP contribution in [-0.2, 0) is 10.0 Å². The number of nitrogens with zero attached hydrogens (tertiary/aromatic N) is 5. The van der Waals surface area contributed by atoms with E-state index >= 15 is 0 Å². The largest absolute Gasteiger partial charge is 0.495 e. The van der Waals surface area contributed by atoms with Crippen molar-refractivity contribution in [3.63, 3.8) is 0 Å². The molecule has 1 aromatic carbocycles. The average molecular weight is 461 g/mol. The summed E-state index contributed by atoms with van der Waals surface area (Å²) < 4.78 is 32.5. The van der Waals surface area contributed by atoms with E-state index in [-0.39, 0.29) is 9.92 Å². The van der Waals surface area contributed by atoms with Crippen LogP contribution in [0, 0.1) is 0 Å². The molecule has 3 heterocycles. The molecule has 0 saturated carbocycles. The molecule has 0 unspecified atom stereocenters. The minimum absolute atomic E-state index is 0.151. The zero-order valence-electron chi connectivity index (χ0n) is 16.8. The first kappa shape index (κ1) is 21.3. The van der Waals surface area contributed by atoms with Crippen LogP contribution in [0.15, 0.2) is 59.8 Å². The Kier molecular flexibility index (Phi) is 6.21. The lowest BCUT2D eigenvalue weighted by Crippen LogP contribution is -2.49. The maximum Gasteiger partial charge on any atom is 0.243 e. The molecule has 3 aromatic rings. The standard InChI is InChI=1S/C20H21ClN6O3S/c1-30-18-3-2-16(14-17(18)21)31(28,29)27-12-10-26(11-13-27)20-5-4-19(24-25-20)23-15-6-8-22-9-7-15/h2-9,14H,10-13H2,1H3,(H,22,23,24). The number of hydrogen-bond acceptors (Lipinski definition) is 8. The van der Waals surface area contributed by atoms with Crippen molar-refractivity contribution in [3.8, 4) is 5.75 Å². The van der Waals surface area contributed by atoms with Crippen LogP contribution < -0.4 is 15.0 Å². The molecule has 1 aliphatic heterocycles. The van der Waals surface area contributed by atoms with Crippen molar-refractivity contribution in [3.05, 3.63) is 59.9 Å². The number of ether oxygens (including phenoxy) is 1. The van der Waals surface area contributed by atoms with Gasteiger partial charge in [0.05, 0.1) is 17.0 Å². The van der Waals surface area contributed by atoms with Crippen LogP contribution in [-0.4, -0.2) is 61.2 Å². The highest BCUT2D eigenvalue weighted by atomic mass is 35.5. The van der Waals surface area contributed by atoms with Gasteiger partial charge in [0.15, 0.2) is 11.6 Å². The van der Waals surface area contributed by atoms with E-state index < -0.39 is 10.0 Å². The molecule has 11 heteroatoms. The van der Waals surface area contributed by atoms with E-state index in [1.165, 1.54) is 23.5 Å². The molecule has 1 aliphatic rings. The summed E-state index contributed by atoms with van der Waals surface area (Å²) in [6.07, 6.45) is 3.38. The summed E-state index contributed by atoms with van der Waals surface area (Å²) in [7, 11) is -2.16. The highest BCUT2D eigenvalue weighted by Crippen LogP contribution is 2.29. The summed E-state index contributed by atoms with van der Waals surface area (Å²) in [6, 6.07) is 11.9. The first-order chi connectivity index (χ1) is 15.0. The Morgan fingerprint density at radius 1 is 1.00 bits per heavy atom. The number of methoxy groups -OCH3 is 1. The minimum Gasteiger partial charge on any atom is -0.495 e. The number of piperazine rings is 1. The summed E-state index contributed by atoms with van der Waals surface area (Å²) in [6.45, 7) is 1.69. The van der Waals surface area contributed by atoms with Gasteiger partial charge in [-0.3, -0.25) is 4.98 Å². The molecular formula is C20H21ClN6O3S. The van der Waals surface area contributed by atoms with E-state index in [0.717, 1.165) is 5.69 Å². The van der Waals surface area contributed by atoms with Crippen molar-refractivity contribution in [1.82, 2.24) is 19.5 Å². The van der Waals surface area contributed by atoms with Crippen LogP contribution in [0.3, 0.4) is 0 Å². The van der Waals surface area contributed by atoms with Crippen LogP contribution in [0.25, 0.3) is 0 Å². The van der Waals surface area contributed by atoms with E-state index in [1.54, 1.807) is 18.5 Å². The second-order valence-electron chi connectivity index (χ2n) is 6.83. The predicted molar refractivity (Wildman–Crippen MR) is 119 cm³/mol. The van der Waals surface area contributed by atoms with E-state index in [9.17, 15) is 8.42 Å². The van der Waals surface area contributed by atoms with Gasteiger partial charge in [-0.15, -0.1) is 10.2 Å². The predicted octanol–water partition coefficient (Wildman–Crippen LogP) is 2.79. The molecule has 1 N–H and O–H groups in total.